The topological polar surface area (TPSA) is 54.5 Å². The van der Waals surface area contributed by atoms with Crippen LogP contribution in [-0.4, -0.2) is 20.2 Å². The maximum absolute atomic E-state index is 4.33. The lowest BCUT2D eigenvalue weighted by Gasteiger charge is -1.89. The largest absolute Gasteiger partial charge is 0.260 e. The van der Waals surface area contributed by atoms with Gasteiger partial charge in [-0.2, -0.15) is 5.10 Å². The highest BCUT2D eigenvalue weighted by molar-refractivity contribution is 9.10. The zero-order chi connectivity index (χ0) is 10.3. The third-order valence-corrected chi connectivity index (χ3v) is 3.57. The molecule has 3 aromatic rings. The van der Waals surface area contributed by atoms with Crippen LogP contribution in [0.25, 0.3) is 21.7 Å². The Bertz CT molecular complexity index is 615. The second kappa shape index (κ2) is 3.39. The van der Waals surface area contributed by atoms with Crippen molar-refractivity contribution >= 4 is 38.3 Å². The number of rotatable bonds is 1. The van der Waals surface area contributed by atoms with E-state index in [4.69, 9.17) is 0 Å². The van der Waals surface area contributed by atoms with Gasteiger partial charge in [-0.25, -0.2) is 9.97 Å². The maximum atomic E-state index is 4.33. The van der Waals surface area contributed by atoms with Crippen molar-refractivity contribution in [1.82, 2.24) is 20.2 Å². The number of fused-ring (bicyclic) bond motifs is 1. The Morgan fingerprint density at radius 3 is 3.13 bits per heavy atom. The van der Waals surface area contributed by atoms with Gasteiger partial charge >= 0.3 is 0 Å². The first-order valence-electron chi connectivity index (χ1n) is 4.25. The van der Waals surface area contributed by atoms with Gasteiger partial charge in [0.2, 0.25) is 0 Å². The van der Waals surface area contributed by atoms with Gasteiger partial charge in [0, 0.05) is 17.0 Å². The molecule has 0 bridgehead atoms. The summed E-state index contributed by atoms with van der Waals surface area (Å²) in [5.74, 6) is 0. The Labute approximate surface area is 97.5 Å². The molecule has 3 heterocycles. The maximum Gasteiger partial charge on any atom is 0.155 e. The molecule has 15 heavy (non-hydrogen) atoms. The van der Waals surface area contributed by atoms with Gasteiger partial charge < -0.3 is 0 Å². The van der Waals surface area contributed by atoms with Crippen molar-refractivity contribution in [3.63, 3.8) is 0 Å². The first-order valence-corrected chi connectivity index (χ1v) is 5.92. The Kier molecular flexibility index (Phi) is 2.03. The highest BCUT2D eigenvalue weighted by atomic mass is 79.9. The fraction of sp³-hybridized carbons (Fsp3) is 0. The Balaban J connectivity index is 2.27. The summed E-state index contributed by atoms with van der Waals surface area (Å²) in [5, 5.41) is 10.9. The molecule has 0 aliphatic carbocycles. The van der Waals surface area contributed by atoms with E-state index in [1.165, 1.54) is 0 Å². The van der Waals surface area contributed by atoms with Gasteiger partial charge in [-0.15, -0.1) is 11.3 Å². The summed E-state index contributed by atoms with van der Waals surface area (Å²) in [4.78, 5) is 8.51. The van der Waals surface area contributed by atoms with E-state index in [-0.39, 0.29) is 0 Å². The van der Waals surface area contributed by atoms with Crippen LogP contribution in [0.3, 0.4) is 0 Å². The number of halogens is 1. The molecule has 3 aromatic heterocycles. The number of aromatic nitrogens is 4. The molecule has 0 aliphatic heterocycles. The molecule has 0 aromatic carbocycles. The highest BCUT2D eigenvalue weighted by Gasteiger charge is 2.11. The minimum absolute atomic E-state index is 0.791. The molecule has 0 saturated heterocycles. The Morgan fingerprint density at radius 2 is 2.33 bits per heavy atom. The standard InChI is InChI=1S/C9H5BrN4S/c10-6-4-15-9(12-6)7-5-2-1-3-11-8(5)14-13-7/h1-4H,(H,11,13,14). The average molecular weight is 281 g/mol. The Morgan fingerprint density at radius 1 is 1.40 bits per heavy atom. The van der Waals surface area contributed by atoms with E-state index in [1.54, 1.807) is 17.5 Å². The third kappa shape index (κ3) is 1.46. The average Bonchev–Trinajstić information content (AvgIpc) is 2.83. The molecule has 0 amide bonds. The highest BCUT2D eigenvalue weighted by Crippen LogP contribution is 2.29. The number of aromatic amines is 1. The van der Waals surface area contributed by atoms with E-state index in [2.05, 4.69) is 36.1 Å². The van der Waals surface area contributed by atoms with E-state index < -0.39 is 0 Å². The van der Waals surface area contributed by atoms with E-state index in [1.807, 2.05) is 17.5 Å². The Hall–Kier alpha value is -1.27. The molecule has 0 spiro atoms. The van der Waals surface area contributed by atoms with E-state index in [0.717, 1.165) is 26.3 Å². The first kappa shape index (κ1) is 8.99. The summed E-state index contributed by atoms with van der Waals surface area (Å²) in [6.07, 6.45) is 1.74. The van der Waals surface area contributed by atoms with Gasteiger partial charge in [0.25, 0.3) is 0 Å². The summed E-state index contributed by atoms with van der Waals surface area (Å²) < 4.78 is 0.836. The summed E-state index contributed by atoms with van der Waals surface area (Å²) in [6.45, 7) is 0. The zero-order valence-electron chi connectivity index (χ0n) is 7.44. The van der Waals surface area contributed by atoms with Crippen LogP contribution >= 0.6 is 27.3 Å². The molecule has 0 aliphatic rings. The molecule has 0 radical (unpaired) electrons. The fourth-order valence-corrected chi connectivity index (χ4v) is 2.64. The van der Waals surface area contributed by atoms with Gasteiger partial charge in [-0.05, 0) is 28.1 Å². The number of thiazole rings is 1. The summed E-state index contributed by atoms with van der Waals surface area (Å²) in [6, 6.07) is 3.88. The van der Waals surface area contributed by atoms with Crippen LogP contribution in [0.4, 0.5) is 0 Å². The molecule has 0 unspecified atom stereocenters. The van der Waals surface area contributed by atoms with Crippen LogP contribution in [0.5, 0.6) is 0 Å². The van der Waals surface area contributed by atoms with Crippen LogP contribution in [-0.2, 0) is 0 Å². The molecule has 74 valence electrons. The lowest BCUT2D eigenvalue weighted by Crippen LogP contribution is -1.76. The molecule has 0 atom stereocenters. The minimum atomic E-state index is 0.791. The van der Waals surface area contributed by atoms with Gasteiger partial charge in [-0.3, -0.25) is 5.10 Å². The first-order chi connectivity index (χ1) is 7.34. The van der Waals surface area contributed by atoms with Gasteiger partial charge in [0.15, 0.2) is 5.65 Å². The van der Waals surface area contributed by atoms with E-state index in [9.17, 15) is 0 Å². The van der Waals surface area contributed by atoms with Crippen molar-refractivity contribution in [1.29, 1.82) is 0 Å². The van der Waals surface area contributed by atoms with Crippen molar-refractivity contribution in [2.45, 2.75) is 0 Å². The summed E-state index contributed by atoms with van der Waals surface area (Å²) >= 11 is 4.88. The van der Waals surface area contributed by atoms with Crippen molar-refractivity contribution < 1.29 is 0 Å². The molecule has 1 N–H and O–H groups in total. The molecular weight excluding hydrogens is 276 g/mol. The molecular formula is C9H5BrN4S. The number of hydrogen-bond donors (Lipinski definition) is 1. The number of nitrogens with zero attached hydrogens (tertiary/aromatic N) is 3. The second-order valence-corrected chi connectivity index (χ2v) is 4.62. The molecule has 0 fully saturated rings. The van der Waals surface area contributed by atoms with Crippen LogP contribution in [0.15, 0.2) is 28.3 Å². The van der Waals surface area contributed by atoms with Crippen LogP contribution < -0.4 is 0 Å². The van der Waals surface area contributed by atoms with Gasteiger partial charge in [0.1, 0.15) is 15.3 Å². The normalized spacial score (nSPS) is 11.0. The predicted molar refractivity (Wildman–Crippen MR) is 62.7 cm³/mol. The van der Waals surface area contributed by atoms with Crippen LogP contribution in [0.2, 0.25) is 0 Å². The van der Waals surface area contributed by atoms with Crippen molar-refractivity contribution in [3.05, 3.63) is 28.3 Å². The van der Waals surface area contributed by atoms with E-state index >= 15 is 0 Å². The molecule has 4 nitrogen and oxygen atoms in total. The van der Waals surface area contributed by atoms with Crippen molar-refractivity contribution in [2.75, 3.05) is 0 Å². The number of hydrogen-bond acceptors (Lipinski definition) is 4. The molecule has 0 saturated carbocycles. The second-order valence-electron chi connectivity index (χ2n) is 2.95. The van der Waals surface area contributed by atoms with Crippen molar-refractivity contribution in [2.24, 2.45) is 0 Å². The van der Waals surface area contributed by atoms with Gasteiger partial charge in [-0.1, -0.05) is 0 Å². The third-order valence-electron chi connectivity index (χ3n) is 2.02. The smallest absolute Gasteiger partial charge is 0.155 e. The fourth-order valence-electron chi connectivity index (χ4n) is 1.38. The molecule has 3 rings (SSSR count). The minimum Gasteiger partial charge on any atom is -0.260 e. The van der Waals surface area contributed by atoms with Crippen molar-refractivity contribution in [3.8, 4) is 10.7 Å². The number of nitrogens with one attached hydrogen (secondary N) is 1. The van der Waals surface area contributed by atoms with Crippen LogP contribution in [0, 0.1) is 0 Å². The summed E-state index contributed by atoms with van der Waals surface area (Å²) in [5.41, 5.74) is 1.65. The van der Waals surface area contributed by atoms with E-state index in [0.29, 0.717) is 0 Å². The number of pyridine rings is 1. The summed E-state index contributed by atoms with van der Waals surface area (Å²) in [7, 11) is 0. The lowest BCUT2D eigenvalue weighted by atomic mass is 10.3. The quantitative estimate of drug-likeness (QED) is 0.746. The predicted octanol–water partition coefficient (Wildman–Crippen LogP) is 2.84. The molecule has 6 heteroatoms. The van der Waals surface area contributed by atoms with Gasteiger partial charge in [0.05, 0.1) is 0 Å². The zero-order valence-corrected chi connectivity index (χ0v) is 9.84. The monoisotopic (exact) mass is 280 g/mol. The lowest BCUT2D eigenvalue weighted by molar-refractivity contribution is 1.10. The number of H-pyrrole nitrogens is 1. The van der Waals surface area contributed by atoms with Crippen LogP contribution in [0.1, 0.15) is 0 Å². The SMILES string of the molecule is Brc1csc(-c2n[nH]c3ncccc23)n1.